The summed E-state index contributed by atoms with van der Waals surface area (Å²) in [7, 11) is 0. The molecule has 132 valence electrons. The van der Waals surface area contributed by atoms with E-state index in [1.807, 2.05) is 12.1 Å². The first kappa shape index (κ1) is 20.2. The average Bonchev–Trinajstić information content (AvgIpc) is 3.04. The van der Waals surface area contributed by atoms with Crippen molar-refractivity contribution >= 4 is 29.9 Å². The highest BCUT2D eigenvalue weighted by Gasteiger charge is 2.15. The Kier molecular flexibility index (Phi) is 10.3. The van der Waals surface area contributed by atoms with E-state index >= 15 is 0 Å². The minimum atomic E-state index is -0.0940. The first-order chi connectivity index (χ1) is 10.8. The summed E-state index contributed by atoms with van der Waals surface area (Å²) in [5.74, 6) is 1.69. The van der Waals surface area contributed by atoms with Gasteiger partial charge in [-0.3, -0.25) is 0 Å². The summed E-state index contributed by atoms with van der Waals surface area (Å²) in [6.07, 6.45) is 4.45. The third-order valence-corrected chi connectivity index (χ3v) is 3.82. The summed E-state index contributed by atoms with van der Waals surface area (Å²) in [6.45, 7) is 7.42. The number of aliphatic hydroxyl groups is 1. The molecule has 1 aliphatic rings. The average molecular weight is 436 g/mol. The highest BCUT2D eigenvalue weighted by Crippen LogP contribution is 2.09. The van der Waals surface area contributed by atoms with E-state index in [0.29, 0.717) is 6.54 Å². The van der Waals surface area contributed by atoms with Crippen LogP contribution < -0.4 is 10.6 Å². The zero-order chi connectivity index (χ0) is 15.6. The quantitative estimate of drug-likeness (QED) is 0.263. The molecule has 23 heavy (non-hydrogen) atoms. The van der Waals surface area contributed by atoms with E-state index in [-0.39, 0.29) is 30.1 Å². The van der Waals surface area contributed by atoms with Gasteiger partial charge >= 0.3 is 0 Å². The van der Waals surface area contributed by atoms with Crippen LogP contribution in [0, 0.1) is 0 Å². The second kappa shape index (κ2) is 11.7. The minimum Gasteiger partial charge on any atom is -0.467 e. The van der Waals surface area contributed by atoms with Gasteiger partial charge in [-0.2, -0.15) is 0 Å². The van der Waals surface area contributed by atoms with Crippen molar-refractivity contribution < 1.29 is 9.52 Å². The van der Waals surface area contributed by atoms with Crippen molar-refractivity contribution in [2.45, 2.75) is 38.8 Å². The lowest BCUT2D eigenvalue weighted by atomic mass is 10.1. The minimum absolute atomic E-state index is 0. The van der Waals surface area contributed by atoms with Gasteiger partial charge in [-0.25, -0.2) is 4.99 Å². The van der Waals surface area contributed by atoms with Crippen LogP contribution in [-0.2, 0) is 6.54 Å². The first-order valence-corrected chi connectivity index (χ1v) is 8.23. The SMILES string of the molecule is CCNC(=NCc1ccco1)NCCCN1CCC(O)CC1.I. The molecular formula is C16H29IN4O2. The van der Waals surface area contributed by atoms with E-state index < -0.39 is 0 Å². The third kappa shape index (κ3) is 8.03. The van der Waals surface area contributed by atoms with Gasteiger partial charge in [0.05, 0.1) is 12.4 Å². The van der Waals surface area contributed by atoms with Gasteiger partial charge in [0.25, 0.3) is 0 Å². The van der Waals surface area contributed by atoms with Gasteiger partial charge < -0.3 is 25.1 Å². The number of likely N-dealkylation sites (tertiary alicyclic amines) is 1. The number of nitrogens with one attached hydrogen (secondary N) is 2. The normalized spacial score (nSPS) is 16.9. The van der Waals surface area contributed by atoms with Gasteiger partial charge in [0.2, 0.25) is 0 Å². The van der Waals surface area contributed by atoms with E-state index in [4.69, 9.17) is 4.42 Å². The fourth-order valence-corrected chi connectivity index (χ4v) is 2.55. The zero-order valence-corrected chi connectivity index (χ0v) is 16.2. The van der Waals surface area contributed by atoms with Crippen LogP contribution in [0.15, 0.2) is 27.8 Å². The number of rotatable bonds is 7. The highest BCUT2D eigenvalue weighted by molar-refractivity contribution is 14.0. The van der Waals surface area contributed by atoms with Gasteiger partial charge in [-0.15, -0.1) is 24.0 Å². The summed E-state index contributed by atoms with van der Waals surface area (Å²) in [4.78, 5) is 6.92. The Balaban J connectivity index is 0.00000264. The number of nitrogens with zero attached hydrogens (tertiary/aromatic N) is 2. The fraction of sp³-hybridized carbons (Fsp3) is 0.688. The molecule has 0 aromatic carbocycles. The second-order valence-electron chi connectivity index (χ2n) is 5.63. The van der Waals surface area contributed by atoms with Crippen molar-refractivity contribution in [2.75, 3.05) is 32.7 Å². The summed E-state index contributed by atoms with van der Waals surface area (Å²) in [6, 6.07) is 3.80. The molecule has 1 aromatic rings. The molecule has 7 heteroatoms. The number of hydrogen-bond donors (Lipinski definition) is 3. The highest BCUT2D eigenvalue weighted by atomic mass is 127. The third-order valence-electron chi connectivity index (χ3n) is 3.82. The molecule has 0 unspecified atom stereocenters. The molecule has 2 rings (SSSR count). The van der Waals surface area contributed by atoms with E-state index in [0.717, 1.165) is 63.7 Å². The number of hydrogen-bond acceptors (Lipinski definition) is 4. The Bertz CT molecular complexity index is 431. The van der Waals surface area contributed by atoms with Crippen LogP contribution in [0.1, 0.15) is 31.9 Å². The maximum atomic E-state index is 9.50. The monoisotopic (exact) mass is 436 g/mol. The summed E-state index contributed by atoms with van der Waals surface area (Å²) in [5.41, 5.74) is 0. The van der Waals surface area contributed by atoms with Crippen LogP contribution in [0.3, 0.4) is 0 Å². The molecule has 1 aliphatic heterocycles. The molecule has 0 spiro atoms. The zero-order valence-electron chi connectivity index (χ0n) is 13.8. The molecular weight excluding hydrogens is 407 g/mol. The van der Waals surface area contributed by atoms with Crippen molar-refractivity contribution in [1.29, 1.82) is 0 Å². The van der Waals surface area contributed by atoms with E-state index in [9.17, 15) is 5.11 Å². The lowest BCUT2D eigenvalue weighted by Crippen LogP contribution is -2.40. The smallest absolute Gasteiger partial charge is 0.191 e. The maximum Gasteiger partial charge on any atom is 0.191 e. The molecule has 0 amide bonds. The second-order valence-corrected chi connectivity index (χ2v) is 5.63. The Morgan fingerprint density at radius 1 is 1.39 bits per heavy atom. The molecule has 6 nitrogen and oxygen atoms in total. The van der Waals surface area contributed by atoms with Crippen molar-refractivity contribution in [3.8, 4) is 0 Å². The molecule has 1 fully saturated rings. The lowest BCUT2D eigenvalue weighted by Gasteiger charge is -2.29. The molecule has 0 bridgehead atoms. The predicted molar refractivity (Wildman–Crippen MR) is 103 cm³/mol. The van der Waals surface area contributed by atoms with E-state index in [1.165, 1.54) is 0 Å². The predicted octanol–water partition coefficient (Wildman–Crippen LogP) is 1.80. The summed E-state index contributed by atoms with van der Waals surface area (Å²) < 4.78 is 5.29. The lowest BCUT2D eigenvalue weighted by molar-refractivity contribution is 0.0823. The Morgan fingerprint density at radius 3 is 2.83 bits per heavy atom. The van der Waals surface area contributed by atoms with Crippen LogP contribution >= 0.6 is 24.0 Å². The number of aliphatic hydroxyl groups excluding tert-OH is 1. The number of aliphatic imine (C=N–C) groups is 1. The van der Waals surface area contributed by atoms with Crippen LogP contribution in [0.5, 0.6) is 0 Å². The van der Waals surface area contributed by atoms with Crippen LogP contribution in [0.4, 0.5) is 0 Å². The van der Waals surface area contributed by atoms with Gasteiger partial charge in [0.15, 0.2) is 5.96 Å². The van der Waals surface area contributed by atoms with Crippen molar-refractivity contribution in [3.05, 3.63) is 24.2 Å². The molecule has 0 radical (unpaired) electrons. The van der Waals surface area contributed by atoms with Crippen molar-refractivity contribution in [3.63, 3.8) is 0 Å². The Labute approximate surface area is 155 Å². The molecule has 0 saturated carbocycles. The summed E-state index contributed by atoms with van der Waals surface area (Å²) >= 11 is 0. The number of halogens is 1. The molecule has 1 aromatic heterocycles. The van der Waals surface area contributed by atoms with E-state index in [2.05, 4.69) is 27.4 Å². The summed E-state index contributed by atoms with van der Waals surface area (Å²) in [5, 5.41) is 16.1. The van der Waals surface area contributed by atoms with Gasteiger partial charge in [-0.1, -0.05) is 0 Å². The Hall–Kier alpha value is -0.800. The Morgan fingerprint density at radius 2 is 2.17 bits per heavy atom. The van der Waals surface area contributed by atoms with Crippen molar-refractivity contribution in [2.24, 2.45) is 4.99 Å². The largest absolute Gasteiger partial charge is 0.467 e. The van der Waals surface area contributed by atoms with Gasteiger partial charge in [0, 0.05) is 26.2 Å². The van der Waals surface area contributed by atoms with Gasteiger partial charge in [-0.05, 0) is 44.9 Å². The van der Waals surface area contributed by atoms with E-state index in [1.54, 1.807) is 6.26 Å². The number of furan rings is 1. The van der Waals surface area contributed by atoms with Crippen LogP contribution in [0.25, 0.3) is 0 Å². The topological polar surface area (TPSA) is 73.0 Å². The first-order valence-electron chi connectivity index (χ1n) is 8.23. The molecule has 0 aliphatic carbocycles. The molecule has 1 saturated heterocycles. The van der Waals surface area contributed by atoms with Crippen molar-refractivity contribution in [1.82, 2.24) is 15.5 Å². The van der Waals surface area contributed by atoms with Gasteiger partial charge in [0.1, 0.15) is 12.3 Å². The number of guanidine groups is 1. The van der Waals surface area contributed by atoms with Crippen LogP contribution in [-0.4, -0.2) is 54.8 Å². The molecule has 0 atom stereocenters. The maximum absolute atomic E-state index is 9.50. The fourth-order valence-electron chi connectivity index (χ4n) is 2.55. The molecule has 3 N–H and O–H groups in total. The standard InChI is InChI=1S/C16H28N4O2.HI/c1-2-17-16(19-13-15-5-3-12-22-15)18-8-4-9-20-10-6-14(21)7-11-20;/h3,5,12,14,21H,2,4,6-11,13H2,1H3,(H2,17,18,19);1H. The van der Waals surface area contributed by atoms with Crippen LogP contribution in [0.2, 0.25) is 0 Å². The molecule has 2 heterocycles. The number of piperidine rings is 1.